The van der Waals surface area contributed by atoms with E-state index in [0.29, 0.717) is 0 Å². The Morgan fingerprint density at radius 3 is 1.32 bits per heavy atom. The lowest BCUT2D eigenvalue weighted by atomic mass is 9.81. The Labute approximate surface area is 334 Å². The van der Waals surface area contributed by atoms with Crippen molar-refractivity contribution in [2.45, 2.75) is 19.3 Å². The fourth-order valence-electron chi connectivity index (χ4n) is 9.61. The van der Waals surface area contributed by atoms with Crippen LogP contribution < -0.4 is 0 Å². The van der Waals surface area contributed by atoms with Gasteiger partial charge in [0.2, 0.25) is 0 Å². The monoisotopic (exact) mass is 724 g/mol. The van der Waals surface area contributed by atoms with Crippen molar-refractivity contribution >= 4 is 32.3 Å². The minimum absolute atomic E-state index is 0.0875. The summed E-state index contributed by atoms with van der Waals surface area (Å²) in [6, 6.07) is 76.3. The van der Waals surface area contributed by atoms with E-state index in [0.717, 1.165) is 0 Å². The maximum atomic E-state index is 2.45. The second-order valence-electron chi connectivity index (χ2n) is 16.0. The van der Waals surface area contributed by atoms with Crippen LogP contribution in [0.2, 0.25) is 0 Å². The van der Waals surface area contributed by atoms with Gasteiger partial charge in [0.25, 0.3) is 0 Å². The highest BCUT2D eigenvalue weighted by Gasteiger charge is 2.36. The lowest BCUT2D eigenvalue weighted by molar-refractivity contribution is 0.661. The van der Waals surface area contributed by atoms with Gasteiger partial charge in [-0.2, -0.15) is 0 Å². The second kappa shape index (κ2) is 13.0. The van der Waals surface area contributed by atoms with Crippen LogP contribution in [0.25, 0.3) is 99.1 Å². The van der Waals surface area contributed by atoms with Crippen molar-refractivity contribution in [3.63, 3.8) is 0 Å². The highest BCUT2D eigenvalue weighted by molar-refractivity contribution is 6.21. The largest absolute Gasteiger partial charge is 0.0622 e. The van der Waals surface area contributed by atoms with Gasteiger partial charge < -0.3 is 0 Å². The van der Waals surface area contributed by atoms with E-state index in [2.05, 4.69) is 220 Å². The molecule has 57 heavy (non-hydrogen) atoms. The normalized spacial score (nSPS) is 12.9. The van der Waals surface area contributed by atoms with Crippen molar-refractivity contribution in [1.29, 1.82) is 0 Å². The number of rotatable bonds is 5. The second-order valence-corrected chi connectivity index (χ2v) is 16.0. The quantitative estimate of drug-likeness (QED) is 0.155. The third-order valence-electron chi connectivity index (χ3n) is 12.5. The van der Waals surface area contributed by atoms with E-state index in [1.165, 1.54) is 110 Å². The minimum atomic E-state index is -0.0875. The fourth-order valence-corrected chi connectivity index (χ4v) is 9.61. The maximum Gasteiger partial charge on any atom is 0.0159 e. The van der Waals surface area contributed by atoms with Gasteiger partial charge in [0, 0.05) is 5.41 Å². The molecule has 0 spiro atoms. The van der Waals surface area contributed by atoms with Crippen LogP contribution in [0.1, 0.15) is 25.0 Å². The smallest absolute Gasteiger partial charge is 0.0159 e. The molecule has 0 aromatic heterocycles. The van der Waals surface area contributed by atoms with Crippen LogP contribution in [0, 0.1) is 0 Å². The van der Waals surface area contributed by atoms with Crippen molar-refractivity contribution in [2.24, 2.45) is 0 Å². The zero-order valence-electron chi connectivity index (χ0n) is 32.1. The van der Waals surface area contributed by atoms with E-state index in [-0.39, 0.29) is 5.41 Å². The third-order valence-corrected chi connectivity index (χ3v) is 12.5. The zero-order chi connectivity index (χ0) is 38.1. The average Bonchev–Trinajstić information content (AvgIpc) is 3.51. The van der Waals surface area contributed by atoms with Crippen LogP contribution >= 0.6 is 0 Å². The third kappa shape index (κ3) is 5.36. The Bertz CT molecular complexity index is 3110. The Hall–Kier alpha value is -7.02. The lowest BCUT2D eigenvalue weighted by Gasteiger charge is -2.22. The highest BCUT2D eigenvalue weighted by atomic mass is 14.4. The Balaban J connectivity index is 1.00. The molecule has 11 rings (SSSR count). The van der Waals surface area contributed by atoms with Gasteiger partial charge in [-0.15, -0.1) is 0 Å². The Morgan fingerprint density at radius 2 is 0.702 bits per heavy atom. The van der Waals surface area contributed by atoms with Crippen LogP contribution in [-0.2, 0) is 5.41 Å². The van der Waals surface area contributed by atoms with E-state index >= 15 is 0 Å². The molecule has 0 amide bonds. The fraction of sp³-hybridized carbons (Fsp3) is 0.0526. The summed E-state index contributed by atoms with van der Waals surface area (Å²) in [6.07, 6.45) is 0. The molecule has 0 atom stereocenters. The van der Waals surface area contributed by atoms with Crippen molar-refractivity contribution in [3.8, 4) is 66.8 Å². The van der Waals surface area contributed by atoms with Gasteiger partial charge in [-0.05, 0) is 122 Å². The average molecular weight is 725 g/mol. The summed E-state index contributed by atoms with van der Waals surface area (Å²) in [6.45, 7) is 4.76. The SMILES string of the molecule is CC1(C)c2cc(-c3cccc(-c4c5ccccc5c(-c5ccc(-c6ccc(-c7ccccc7)cc6)cc5)c5ccccc45)c3)ccc2-c2c1ccc1ccccc21. The first kappa shape index (κ1) is 33.3. The van der Waals surface area contributed by atoms with E-state index in [1.807, 2.05) is 0 Å². The molecule has 0 bridgehead atoms. The molecule has 0 saturated carbocycles. The number of fused-ring (bicyclic) bond motifs is 7. The van der Waals surface area contributed by atoms with E-state index in [9.17, 15) is 0 Å². The van der Waals surface area contributed by atoms with Crippen LogP contribution in [0.4, 0.5) is 0 Å². The topological polar surface area (TPSA) is 0 Å². The molecule has 10 aromatic carbocycles. The summed E-state index contributed by atoms with van der Waals surface area (Å²) in [5.74, 6) is 0. The van der Waals surface area contributed by atoms with E-state index in [4.69, 9.17) is 0 Å². The first-order chi connectivity index (χ1) is 28.0. The molecule has 0 unspecified atom stereocenters. The first-order valence-corrected chi connectivity index (χ1v) is 20.0. The van der Waals surface area contributed by atoms with Gasteiger partial charge in [-0.25, -0.2) is 0 Å². The Kier molecular flexibility index (Phi) is 7.63. The molecule has 0 saturated heterocycles. The number of hydrogen-bond donors (Lipinski definition) is 0. The molecule has 1 aliphatic carbocycles. The minimum Gasteiger partial charge on any atom is -0.0622 e. The van der Waals surface area contributed by atoms with Crippen LogP contribution in [0.15, 0.2) is 206 Å². The van der Waals surface area contributed by atoms with Crippen molar-refractivity contribution in [1.82, 2.24) is 0 Å². The van der Waals surface area contributed by atoms with Crippen molar-refractivity contribution < 1.29 is 0 Å². The molecule has 0 aliphatic heterocycles. The Morgan fingerprint density at radius 1 is 0.263 bits per heavy atom. The van der Waals surface area contributed by atoms with Gasteiger partial charge in [-0.1, -0.05) is 208 Å². The molecule has 1 aliphatic rings. The predicted octanol–water partition coefficient (Wildman–Crippen LogP) is 15.8. The molecule has 0 heterocycles. The molecule has 0 fully saturated rings. The summed E-state index contributed by atoms with van der Waals surface area (Å²) >= 11 is 0. The van der Waals surface area contributed by atoms with Gasteiger partial charge in [-0.3, -0.25) is 0 Å². The molecule has 268 valence electrons. The highest BCUT2D eigenvalue weighted by Crippen LogP contribution is 2.52. The summed E-state index contributed by atoms with van der Waals surface area (Å²) in [7, 11) is 0. The maximum absolute atomic E-state index is 2.45. The van der Waals surface area contributed by atoms with Crippen LogP contribution in [0.5, 0.6) is 0 Å². The molecule has 0 heteroatoms. The van der Waals surface area contributed by atoms with E-state index < -0.39 is 0 Å². The summed E-state index contributed by atoms with van der Waals surface area (Å²) < 4.78 is 0. The zero-order valence-corrected chi connectivity index (χ0v) is 32.1. The molecule has 0 N–H and O–H groups in total. The molecular weight excluding hydrogens is 685 g/mol. The number of benzene rings is 10. The molecular formula is C57H40. The van der Waals surface area contributed by atoms with Crippen LogP contribution in [0.3, 0.4) is 0 Å². The summed E-state index contributed by atoms with van der Waals surface area (Å²) in [5, 5.41) is 7.69. The van der Waals surface area contributed by atoms with Gasteiger partial charge in [0.05, 0.1) is 0 Å². The lowest BCUT2D eigenvalue weighted by Crippen LogP contribution is -2.15. The number of hydrogen-bond acceptors (Lipinski definition) is 0. The van der Waals surface area contributed by atoms with Crippen molar-refractivity contribution in [3.05, 3.63) is 217 Å². The van der Waals surface area contributed by atoms with Gasteiger partial charge in [0.1, 0.15) is 0 Å². The van der Waals surface area contributed by atoms with E-state index in [1.54, 1.807) is 0 Å². The van der Waals surface area contributed by atoms with Crippen LogP contribution in [-0.4, -0.2) is 0 Å². The molecule has 10 aromatic rings. The summed E-state index contributed by atoms with van der Waals surface area (Å²) in [5.41, 5.74) is 17.9. The van der Waals surface area contributed by atoms with Crippen molar-refractivity contribution in [2.75, 3.05) is 0 Å². The molecule has 0 radical (unpaired) electrons. The first-order valence-electron chi connectivity index (χ1n) is 20.0. The molecule has 0 nitrogen and oxygen atoms in total. The van der Waals surface area contributed by atoms with Gasteiger partial charge in [0.15, 0.2) is 0 Å². The predicted molar refractivity (Wildman–Crippen MR) is 244 cm³/mol. The summed E-state index contributed by atoms with van der Waals surface area (Å²) in [4.78, 5) is 0. The standard InChI is InChI=1S/C57H40/c1-57(2)52-34-32-41-15-6-7-18-46(41)56(52)51-33-31-44(36-53(51)57)43-16-12-17-45(35-43)55-49-21-10-8-19-47(49)54(48-20-9-11-22-50(48)55)42-29-27-40(28-30-42)39-25-23-38(24-26-39)37-13-4-3-5-14-37/h3-36H,1-2H3. The van der Waals surface area contributed by atoms with Gasteiger partial charge >= 0.3 is 0 Å².